The first-order valence-corrected chi connectivity index (χ1v) is 5.52. The van der Waals surface area contributed by atoms with Gasteiger partial charge in [-0.25, -0.2) is 0 Å². The number of nitrogen functional groups attached to an aromatic ring is 1. The molecule has 0 atom stereocenters. The van der Waals surface area contributed by atoms with Gasteiger partial charge in [-0.2, -0.15) is 8.78 Å². The molecule has 1 aromatic rings. The zero-order chi connectivity index (χ0) is 13.7. The molecule has 0 radical (unpaired) electrons. The molecular weight excluding hydrogens is 242 g/mol. The summed E-state index contributed by atoms with van der Waals surface area (Å²) in [5, 5.41) is 2.68. The van der Waals surface area contributed by atoms with Gasteiger partial charge >= 0.3 is 6.61 Å². The van der Waals surface area contributed by atoms with Crippen LogP contribution in [0.5, 0.6) is 5.75 Å². The minimum Gasteiger partial charge on any atom is -0.433 e. The highest BCUT2D eigenvalue weighted by Gasteiger charge is 2.12. The fourth-order valence-electron chi connectivity index (χ4n) is 1.27. The number of nitrogens with two attached hydrogens (primary N) is 1. The van der Waals surface area contributed by atoms with E-state index in [0.717, 1.165) is 0 Å². The van der Waals surface area contributed by atoms with Crippen LogP contribution in [0, 0.1) is 5.92 Å². The molecule has 0 spiro atoms. The van der Waals surface area contributed by atoms with E-state index in [1.807, 2.05) is 13.8 Å². The first-order chi connectivity index (χ1) is 8.40. The lowest BCUT2D eigenvalue weighted by Gasteiger charge is -2.11. The standard InChI is InChI=1S/C12H16F2N2O2/c1-7(2)6-16-11(17)8-3-4-9(15)10(5-8)18-12(13)14/h3-5,7,12H,6,15H2,1-2H3,(H,16,17). The molecule has 0 unspecified atom stereocenters. The molecule has 1 aromatic carbocycles. The van der Waals surface area contributed by atoms with Crippen LogP contribution in [0.4, 0.5) is 14.5 Å². The minimum absolute atomic E-state index is 0.0655. The van der Waals surface area contributed by atoms with Crippen molar-refractivity contribution in [1.82, 2.24) is 5.32 Å². The van der Waals surface area contributed by atoms with Crippen LogP contribution in [0.3, 0.4) is 0 Å². The zero-order valence-electron chi connectivity index (χ0n) is 10.2. The van der Waals surface area contributed by atoms with Crippen molar-refractivity contribution in [2.75, 3.05) is 12.3 Å². The van der Waals surface area contributed by atoms with Gasteiger partial charge in [0.05, 0.1) is 5.69 Å². The molecular formula is C12H16F2N2O2. The van der Waals surface area contributed by atoms with E-state index in [-0.39, 0.29) is 22.9 Å². The van der Waals surface area contributed by atoms with E-state index in [4.69, 9.17) is 5.73 Å². The highest BCUT2D eigenvalue weighted by atomic mass is 19.3. The summed E-state index contributed by atoms with van der Waals surface area (Å²) in [7, 11) is 0. The molecule has 1 amide bonds. The summed E-state index contributed by atoms with van der Waals surface area (Å²) >= 11 is 0. The van der Waals surface area contributed by atoms with Crippen molar-refractivity contribution in [3.05, 3.63) is 23.8 Å². The number of nitrogens with one attached hydrogen (secondary N) is 1. The summed E-state index contributed by atoms with van der Waals surface area (Å²) in [4.78, 5) is 11.7. The van der Waals surface area contributed by atoms with Gasteiger partial charge in [-0.1, -0.05) is 13.8 Å². The molecule has 0 heterocycles. The predicted octanol–water partition coefficient (Wildman–Crippen LogP) is 2.26. The lowest BCUT2D eigenvalue weighted by Crippen LogP contribution is -2.27. The number of rotatable bonds is 5. The molecule has 0 bridgehead atoms. The molecule has 18 heavy (non-hydrogen) atoms. The lowest BCUT2D eigenvalue weighted by atomic mass is 10.1. The Morgan fingerprint density at radius 2 is 2.11 bits per heavy atom. The molecule has 4 nitrogen and oxygen atoms in total. The summed E-state index contributed by atoms with van der Waals surface area (Å²) in [6, 6.07) is 4.03. The molecule has 0 aliphatic rings. The van der Waals surface area contributed by atoms with Crippen molar-refractivity contribution in [1.29, 1.82) is 0 Å². The quantitative estimate of drug-likeness (QED) is 0.796. The van der Waals surface area contributed by atoms with E-state index in [1.165, 1.54) is 18.2 Å². The molecule has 0 aliphatic carbocycles. The number of benzene rings is 1. The third kappa shape index (κ3) is 4.20. The normalized spacial score (nSPS) is 10.8. The number of alkyl halides is 2. The number of hydrogen-bond donors (Lipinski definition) is 2. The topological polar surface area (TPSA) is 64.4 Å². The lowest BCUT2D eigenvalue weighted by molar-refractivity contribution is -0.0493. The van der Waals surface area contributed by atoms with Crippen LogP contribution >= 0.6 is 0 Å². The van der Waals surface area contributed by atoms with Gasteiger partial charge in [-0.3, -0.25) is 4.79 Å². The van der Waals surface area contributed by atoms with Crippen LogP contribution in [0.25, 0.3) is 0 Å². The van der Waals surface area contributed by atoms with Gasteiger partial charge in [-0.15, -0.1) is 0 Å². The smallest absolute Gasteiger partial charge is 0.387 e. The second-order valence-electron chi connectivity index (χ2n) is 4.23. The van der Waals surface area contributed by atoms with Crippen molar-refractivity contribution in [2.24, 2.45) is 5.92 Å². The molecule has 0 fully saturated rings. The summed E-state index contributed by atoms with van der Waals surface area (Å²) in [6.07, 6.45) is 0. The minimum atomic E-state index is -2.97. The van der Waals surface area contributed by atoms with Crippen LogP contribution in [0.15, 0.2) is 18.2 Å². The van der Waals surface area contributed by atoms with Crippen LogP contribution < -0.4 is 15.8 Å². The van der Waals surface area contributed by atoms with Crippen LogP contribution in [-0.4, -0.2) is 19.1 Å². The summed E-state index contributed by atoms with van der Waals surface area (Å²) in [6.45, 7) is 1.44. The SMILES string of the molecule is CC(C)CNC(=O)c1ccc(N)c(OC(F)F)c1. The van der Waals surface area contributed by atoms with E-state index in [2.05, 4.69) is 10.1 Å². The molecule has 0 saturated carbocycles. The van der Waals surface area contributed by atoms with Crippen molar-refractivity contribution >= 4 is 11.6 Å². The maximum absolute atomic E-state index is 12.1. The number of halogens is 2. The summed E-state index contributed by atoms with van der Waals surface area (Å²) < 4.78 is 28.4. The molecule has 0 aromatic heterocycles. The van der Waals surface area contributed by atoms with Crippen molar-refractivity contribution in [2.45, 2.75) is 20.5 Å². The maximum Gasteiger partial charge on any atom is 0.387 e. The Morgan fingerprint density at radius 1 is 1.44 bits per heavy atom. The number of ether oxygens (including phenoxy) is 1. The van der Waals surface area contributed by atoms with Gasteiger partial charge in [0.2, 0.25) is 0 Å². The second kappa shape index (κ2) is 6.18. The van der Waals surface area contributed by atoms with Gasteiger partial charge in [0.1, 0.15) is 5.75 Å². The van der Waals surface area contributed by atoms with Crippen molar-refractivity contribution in [3.8, 4) is 5.75 Å². The summed E-state index contributed by atoms with van der Waals surface area (Å²) in [5.41, 5.74) is 5.77. The zero-order valence-corrected chi connectivity index (χ0v) is 10.2. The van der Waals surface area contributed by atoms with E-state index >= 15 is 0 Å². The summed E-state index contributed by atoms with van der Waals surface area (Å²) in [5.74, 6) is -0.232. The first kappa shape index (κ1) is 14.2. The van der Waals surface area contributed by atoms with Crippen molar-refractivity contribution < 1.29 is 18.3 Å². The Hall–Kier alpha value is -1.85. The predicted molar refractivity (Wildman–Crippen MR) is 64.7 cm³/mol. The molecule has 3 N–H and O–H groups in total. The van der Waals surface area contributed by atoms with Crippen molar-refractivity contribution in [3.63, 3.8) is 0 Å². The average molecular weight is 258 g/mol. The molecule has 0 aliphatic heterocycles. The van der Waals surface area contributed by atoms with Gasteiger partial charge in [0, 0.05) is 12.1 Å². The van der Waals surface area contributed by atoms with Gasteiger partial charge in [-0.05, 0) is 24.1 Å². The van der Waals surface area contributed by atoms with Crippen LogP contribution in [0.2, 0.25) is 0 Å². The second-order valence-corrected chi connectivity index (χ2v) is 4.23. The monoisotopic (exact) mass is 258 g/mol. The molecule has 6 heteroatoms. The largest absolute Gasteiger partial charge is 0.433 e. The van der Waals surface area contributed by atoms with Gasteiger partial charge < -0.3 is 15.8 Å². The van der Waals surface area contributed by atoms with Gasteiger partial charge in [0.25, 0.3) is 5.91 Å². The first-order valence-electron chi connectivity index (χ1n) is 5.52. The number of amides is 1. The van der Waals surface area contributed by atoms with E-state index in [9.17, 15) is 13.6 Å². The molecule has 0 saturated heterocycles. The highest BCUT2D eigenvalue weighted by molar-refractivity contribution is 5.95. The number of anilines is 1. The number of hydrogen-bond acceptors (Lipinski definition) is 3. The highest BCUT2D eigenvalue weighted by Crippen LogP contribution is 2.24. The fourth-order valence-corrected chi connectivity index (χ4v) is 1.27. The Labute approximate surface area is 104 Å². The Balaban J connectivity index is 2.80. The fraction of sp³-hybridized carbons (Fsp3) is 0.417. The molecule has 100 valence electrons. The Morgan fingerprint density at radius 3 is 2.67 bits per heavy atom. The van der Waals surface area contributed by atoms with E-state index in [0.29, 0.717) is 12.5 Å². The van der Waals surface area contributed by atoms with E-state index < -0.39 is 6.61 Å². The number of carbonyl (C=O) groups excluding carboxylic acids is 1. The number of carbonyl (C=O) groups is 1. The third-order valence-corrected chi connectivity index (χ3v) is 2.16. The Kier molecular flexibility index (Phi) is 4.88. The molecule has 1 rings (SSSR count). The Bertz CT molecular complexity index is 423. The van der Waals surface area contributed by atoms with Crippen LogP contribution in [-0.2, 0) is 0 Å². The third-order valence-electron chi connectivity index (χ3n) is 2.16. The maximum atomic E-state index is 12.1. The van der Waals surface area contributed by atoms with Crippen LogP contribution in [0.1, 0.15) is 24.2 Å². The van der Waals surface area contributed by atoms with E-state index in [1.54, 1.807) is 0 Å². The van der Waals surface area contributed by atoms with Gasteiger partial charge in [0.15, 0.2) is 0 Å². The average Bonchev–Trinajstić information content (AvgIpc) is 2.28.